The van der Waals surface area contributed by atoms with Crippen LogP contribution < -0.4 is 5.73 Å². The Kier molecular flexibility index (Phi) is 3.85. The summed E-state index contributed by atoms with van der Waals surface area (Å²) >= 11 is 0. The molecule has 0 atom stereocenters. The number of aromatic nitrogens is 1. The number of rotatable bonds is 3. The molecule has 3 N–H and O–H groups in total. The Bertz CT molecular complexity index is 473. The number of aromatic carboxylic acids is 1. The van der Waals surface area contributed by atoms with Gasteiger partial charge < -0.3 is 10.8 Å². The van der Waals surface area contributed by atoms with Crippen LogP contribution in [0.1, 0.15) is 33.6 Å². The quantitative estimate of drug-likeness (QED) is 0.825. The fourth-order valence-electron chi connectivity index (χ4n) is 1.44. The summed E-state index contributed by atoms with van der Waals surface area (Å²) in [7, 11) is 0. The second-order valence-corrected chi connectivity index (χ2v) is 3.23. The van der Waals surface area contributed by atoms with Crippen molar-refractivity contribution in [3.05, 3.63) is 28.6 Å². The fraction of sp³-hybridized carbons (Fsp3) is 0.333. The summed E-state index contributed by atoms with van der Waals surface area (Å²) in [6.07, 6.45) is -8.21. The molecule has 18 heavy (non-hydrogen) atoms. The fourth-order valence-corrected chi connectivity index (χ4v) is 1.44. The molecule has 0 spiro atoms. The van der Waals surface area contributed by atoms with Crippen molar-refractivity contribution in [2.24, 2.45) is 5.73 Å². The Labute approximate surface area is 97.2 Å². The topological polar surface area (TPSA) is 76.2 Å². The van der Waals surface area contributed by atoms with E-state index in [1.54, 1.807) is 0 Å². The molecule has 9 heteroatoms. The molecule has 1 aromatic rings. The summed E-state index contributed by atoms with van der Waals surface area (Å²) in [6, 6.07) is 0. The maximum Gasteiger partial charge on any atom is 0.417 e. The van der Waals surface area contributed by atoms with Gasteiger partial charge in [0.1, 0.15) is 0 Å². The van der Waals surface area contributed by atoms with Gasteiger partial charge in [-0.15, -0.1) is 0 Å². The van der Waals surface area contributed by atoms with Crippen LogP contribution in [-0.4, -0.2) is 16.1 Å². The van der Waals surface area contributed by atoms with Gasteiger partial charge in [0.15, 0.2) is 5.69 Å². The van der Waals surface area contributed by atoms with Crippen LogP contribution in [-0.2, 0) is 12.7 Å². The van der Waals surface area contributed by atoms with Crippen LogP contribution in [0, 0.1) is 0 Å². The van der Waals surface area contributed by atoms with E-state index in [0.29, 0.717) is 6.20 Å². The zero-order valence-electron chi connectivity index (χ0n) is 8.63. The molecule has 0 saturated carbocycles. The summed E-state index contributed by atoms with van der Waals surface area (Å²) in [6.45, 7) is -0.679. The van der Waals surface area contributed by atoms with Gasteiger partial charge in [-0.2, -0.15) is 13.2 Å². The number of nitrogens with zero attached hydrogens (tertiary/aromatic N) is 1. The van der Waals surface area contributed by atoms with E-state index in [2.05, 4.69) is 4.98 Å². The van der Waals surface area contributed by atoms with Gasteiger partial charge in [-0.1, -0.05) is 0 Å². The van der Waals surface area contributed by atoms with Gasteiger partial charge in [-0.25, -0.2) is 18.6 Å². The minimum atomic E-state index is -5.13. The molecule has 0 aliphatic rings. The molecule has 0 fully saturated rings. The highest BCUT2D eigenvalue weighted by atomic mass is 19.4. The molecule has 1 rings (SSSR count). The molecule has 0 radical (unpaired) electrons. The number of alkyl halides is 5. The normalized spacial score (nSPS) is 11.9. The van der Waals surface area contributed by atoms with Gasteiger partial charge in [0.2, 0.25) is 0 Å². The summed E-state index contributed by atoms with van der Waals surface area (Å²) < 4.78 is 63.4. The first-order valence-corrected chi connectivity index (χ1v) is 4.50. The first-order valence-electron chi connectivity index (χ1n) is 4.50. The van der Waals surface area contributed by atoms with E-state index in [4.69, 9.17) is 10.8 Å². The first-order chi connectivity index (χ1) is 8.20. The highest BCUT2D eigenvalue weighted by Gasteiger charge is 2.41. The Morgan fingerprint density at radius 2 is 2.00 bits per heavy atom. The number of nitrogens with two attached hydrogens (primary N) is 1. The highest BCUT2D eigenvalue weighted by molar-refractivity contribution is 5.87. The number of halogens is 5. The maximum atomic E-state index is 12.7. The lowest BCUT2D eigenvalue weighted by atomic mass is 10.0. The monoisotopic (exact) mass is 270 g/mol. The summed E-state index contributed by atoms with van der Waals surface area (Å²) in [5, 5.41) is 8.57. The van der Waals surface area contributed by atoms with Crippen molar-refractivity contribution in [2.75, 3.05) is 0 Å². The SMILES string of the molecule is NCc1cnc(C(=O)O)c(C(F)F)c1C(F)(F)F. The molecule has 1 aromatic heterocycles. The standard InChI is InChI=1S/C9H7F5N2O2/c10-7(11)4-5(9(12,13)14)3(1-15)2-16-6(4)8(17)18/h2,7H,1,15H2,(H,17,18). The smallest absolute Gasteiger partial charge is 0.417 e. The Morgan fingerprint density at radius 3 is 2.33 bits per heavy atom. The summed E-state index contributed by atoms with van der Waals surface area (Å²) in [4.78, 5) is 13.7. The van der Waals surface area contributed by atoms with Crippen LogP contribution in [0.3, 0.4) is 0 Å². The lowest BCUT2D eigenvalue weighted by Crippen LogP contribution is -2.20. The molecule has 0 aliphatic carbocycles. The number of hydrogen-bond donors (Lipinski definition) is 2. The molecular formula is C9H7F5N2O2. The van der Waals surface area contributed by atoms with E-state index in [1.165, 1.54) is 0 Å². The lowest BCUT2D eigenvalue weighted by molar-refractivity contribution is -0.140. The Balaban J connectivity index is 3.71. The van der Waals surface area contributed by atoms with Crippen molar-refractivity contribution in [3.8, 4) is 0 Å². The largest absolute Gasteiger partial charge is 0.476 e. The van der Waals surface area contributed by atoms with E-state index in [0.717, 1.165) is 0 Å². The van der Waals surface area contributed by atoms with E-state index in [9.17, 15) is 26.7 Å². The van der Waals surface area contributed by atoms with Crippen LogP contribution in [0.25, 0.3) is 0 Å². The second-order valence-electron chi connectivity index (χ2n) is 3.23. The van der Waals surface area contributed by atoms with Crippen molar-refractivity contribution >= 4 is 5.97 Å². The highest BCUT2D eigenvalue weighted by Crippen LogP contribution is 2.39. The average molecular weight is 270 g/mol. The van der Waals surface area contributed by atoms with Crippen LogP contribution >= 0.6 is 0 Å². The van der Waals surface area contributed by atoms with Gasteiger partial charge in [-0.05, 0) is 5.56 Å². The number of carboxylic acids is 1. The zero-order chi connectivity index (χ0) is 14.1. The van der Waals surface area contributed by atoms with E-state index in [-0.39, 0.29) is 0 Å². The first kappa shape index (κ1) is 14.3. The molecule has 0 amide bonds. The molecule has 0 saturated heterocycles. The third-order valence-electron chi connectivity index (χ3n) is 2.12. The third-order valence-corrected chi connectivity index (χ3v) is 2.12. The molecule has 100 valence electrons. The Morgan fingerprint density at radius 1 is 1.44 bits per heavy atom. The number of hydrogen-bond acceptors (Lipinski definition) is 3. The predicted molar refractivity (Wildman–Crippen MR) is 49.0 cm³/mol. The van der Waals surface area contributed by atoms with Crippen LogP contribution in [0.5, 0.6) is 0 Å². The number of pyridine rings is 1. The van der Waals surface area contributed by atoms with Crippen molar-refractivity contribution in [1.82, 2.24) is 4.98 Å². The minimum Gasteiger partial charge on any atom is -0.476 e. The van der Waals surface area contributed by atoms with Crippen molar-refractivity contribution < 1.29 is 31.9 Å². The van der Waals surface area contributed by atoms with Crippen molar-refractivity contribution in [2.45, 2.75) is 19.1 Å². The lowest BCUT2D eigenvalue weighted by Gasteiger charge is -2.17. The molecule has 0 aromatic carbocycles. The van der Waals surface area contributed by atoms with Crippen LogP contribution in [0.15, 0.2) is 6.20 Å². The van der Waals surface area contributed by atoms with Gasteiger partial charge in [0.05, 0.1) is 11.1 Å². The molecule has 0 bridgehead atoms. The van der Waals surface area contributed by atoms with Gasteiger partial charge >= 0.3 is 12.1 Å². The van der Waals surface area contributed by atoms with Gasteiger partial charge in [0.25, 0.3) is 6.43 Å². The van der Waals surface area contributed by atoms with Crippen LogP contribution in [0.4, 0.5) is 22.0 Å². The molecule has 1 heterocycles. The van der Waals surface area contributed by atoms with Crippen molar-refractivity contribution in [3.63, 3.8) is 0 Å². The number of carbonyl (C=O) groups is 1. The second kappa shape index (κ2) is 4.84. The Hall–Kier alpha value is -1.77. The number of carboxylic acid groups (broad SMARTS) is 1. The zero-order valence-corrected chi connectivity index (χ0v) is 8.63. The van der Waals surface area contributed by atoms with Crippen molar-refractivity contribution in [1.29, 1.82) is 0 Å². The maximum absolute atomic E-state index is 12.7. The minimum absolute atomic E-state index is 0.540. The van der Waals surface area contributed by atoms with Gasteiger partial charge in [0, 0.05) is 12.7 Å². The predicted octanol–water partition coefficient (Wildman–Crippen LogP) is 2.19. The molecule has 4 nitrogen and oxygen atoms in total. The van der Waals surface area contributed by atoms with Gasteiger partial charge in [-0.3, -0.25) is 0 Å². The van der Waals surface area contributed by atoms with E-state index in [1.807, 2.05) is 0 Å². The summed E-state index contributed by atoms with van der Waals surface area (Å²) in [5.74, 6) is -1.96. The van der Waals surface area contributed by atoms with E-state index >= 15 is 0 Å². The van der Waals surface area contributed by atoms with E-state index < -0.39 is 47.5 Å². The average Bonchev–Trinajstić information content (AvgIpc) is 2.25. The summed E-state index contributed by atoms with van der Waals surface area (Å²) in [5.41, 5.74) is -0.376. The molecule has 0 aliphatic heterocycles. The molecule has 0 unspecified atom stereocenters. The third kappa shape index (κ3) is 2.55. The van der Waals surface area contributed by atoms with Crippen LogP contribution in [0.2, 0.25) is 0 Å². The molecular weight excluding hydrogens is 263 g/mol.